The second kappa shape index (κ2) is 7.55. The van der Waals surface area contributed by atoms with Crippen molar-refractivity contribution in [1.82, 2.24) is 9.62 Å². The van der Waals surface area contributed by atoms with Crippen molar-refractivity contribution in [2.75, 3.05) is 6.54 Å². The second-order valence-corrected chi connectivity index (χ2v) is 10.8. The molecular weight excluding hydrogens is 360 g/mol. The zero-order valence-corrected chi connectivity index (χ0v) is 17.7. The van der Waals surface area contributed by atoms with Gasteiger partial charge in [0.05, 0.1) is 4.90 Å². The largest absolute Gasteiger partial charge is 0.335 e. The van der Waals surface area contributed by atoms with Crippen LogP contribution in [-0.2, 0) is 10.0 Å². The van der Waals surface area contributed by atoms with Crippen LogP contribution in [0.25, 0.3) is 0 Å². The summed E-state index contributed by atoms with van der Waals surface area (Å²) in [5.41, 5.74) is 0.765. The van der Waals surface area contributed by atoms with E-state index in [-0.39, 0.29) is 10.8 Å². The molecule has 2 fully saturated rings. The van der Waals surface area contributed by atoms with Crippen LogP contribution in [0.3, 0.4) is 0 Å². The van der Waals surface area contributed by atoms with Gasteiger partial charge in [-0.1, -0.05) is 18.9 Å². The molecule has 150 valence electrons. The second-order valence-electron chi connectivity index (χ2n) is 9.08. The molecule has 1 amide bonds. The predicted molar refractivity (Wildman–Crippen MR) is 107 cm³/mol. The monoisotopic (exact) mass is 392 g/mol. The van der Waals surface area contributed by atoms with Gasteiger partial charge in [-0.2, -0.15) is 0 Å². The minimum Gasteiger partial charge on any atom is -0.335 e. The molecule has 1 aromatic rings. The van der Waals surface area contributed by atoms with E-state index in [2.05, 4.69) is 4.72 Å². The molecule has 1 heterocycles. The summed E-state index contributed by atoms with van der Waals surface area (Å²) in [6, 6.07) is 5.19. The number of hydrogen-bond donors (Lipinski definition) is 1. The third-order valence-electron chi connectivity index (χ3n) is 5.69. The zero-order chi connectivity index (χ0) is 19.8. The van der Waals surface area contributed by atoms with Gasteiger partial charge in [-0.25, -0.2) is 13.1 Å². The van der Waals surface area contributed by atoms with Crippen molar-refractivity contribution in [1.29, 1.82) is 0 Å². The van der Waals surface area contributed by atoms with Crippen LogP contribution in [0.1, 0.15) is 75.2 Å². The number of benzene rings is 1. The lowest BCUT2D eigenvalue weighted by Gasteiger charge is -2.44. The lowest BCUT2D eigenvalue weighted by Crippen LogP contribution is -2.49. The molecule has 2 unspecified atom stereocenters. The van der Waals surface area contributed by atoms with Gasteiger partial charge in [0, 0.05) is 23.7 Å². The Morgan fingerprint density at radius 2 is 1.78 bits per heavy atom. The number of likely N-dealkylation sites (tertiary alicyclic amines) is 1. The molecule has 2 atom stereocenters. The van der Waals surface area contributed by atoms with Crippen LogP contribution >= 0.6 is 0 Å². The van der Waals surface area contributed by atoms with E-state index >= 15 is 0 Å². The predicted octanol–water partition coefficient (Wildman–Crippen LogP) is 3.87. The summed E-state index contributed by atoms with van der Waals surface area (Å²) in [5, 5.41) is 0. The molecule has 1 aliphatic carbocycles. The van der Waals surface area contributed by atoms with Gasteiger partial charge in [-0.05, 0) is 77.0 Å². The van der Waals surface area contributed by atoms with Gasteiger partial charge in [0.25, 0.3) is 5.91 Å². The molecule has 6 heteroatoms. The highest BCUT2D eigenvalue weighted by molar-refractivity contribution is 7.89. The molecule has 3 rings (SSSR count). The highest BCUT2D eigenvalue weighted by Crippen LogP contribution is 2.36. The molecule has 1 aliphatic heterocycles. The van der Waals surface area contributed by atoms with Crippen molar-refractivity contribution >= 4 is 15.9 Å². The SMILES string of the molecule is Cc1ccc(S(=O)(=O)NC(C)(C)C)cc1C(=O)N1CCCC2CCCCC21. The zero-order valence-electron chi connectivity index (χ0n) is 16.9. The average Bonchev–Trinajstić information content (AvgIpc) is 2.59. The average molecular weight is 393 g/mol. The standard InChI is InChI=1S/C21H32N2O3S/c1-15-11-12-17(27(25,26)22-21(2,3)4)14-18(15)20(24)23-13-7-9-16-8-5-6-10-19(16)23/h11-12,14,16,19,22H,5-10,13H2,1-4H3. The summed E-state index contributed by atoms with van der Waals surface area (Å²) in [6.07, 6.45) is 6.95. The number of rotatable bonds is 3. The lowest BCUT2D eigenvalue weighted by atomic mass is 9.78. The van der Waals surface area contributed by atoms with Gasteiger partial charge >= 0.3 is 0 Å². The van der Waals surface area contributed by atoms with Crippen molar-refractivity contribution in [3.63, 3.8) is 0 Å². The van der Waals surface area contributed by atoms with Crippen LogP contribution in [0.15, 0.2) is 23.1 Å². The molecule has 1 saturated carbocycles. The van der Waals surface area contributed by atoms with Crippen molar-refractivity contribution in [3.05, 3.63) is 29.3 Å². The Labute approximate surface area is 163 Å². The first-order valence-corrected chi connectivity index (χ1v) is 11.5. The van der Waals surface area contributed by atoms with E-state index in [1.807, 2.05) is 32.6 Å². The summed E-state index contributed by atoms with van der Waals surface area (Å²) < 4.78 is 28.1. The van der Waals surface area contributed by atoms with E-state index in [1.54, 1.807) is 18.2 Å². The van der Waals surface area contributed by atoms with Crippen molar-refractivity contribution in [3.8, 4) is 0 Å². The van der Waals surface area contributed by atoms with Gasteiger partial charge in [0.2, 0.25) is 10.0 Å². The maximum Gasteiger partial charge on any atom is 0.254 e. The number of hydrogen-bond acceptors (Lipinski definition) is 3. The molecule has 5 nitrogen and oxygen atoms in total. The summed E-state index contributed by atoms with van der Waals surface area (Å²) in [6.45, 7) is 8.07. The molecule has 2 aliphatic rings. The quantitative estimate of drug-likeness (QED) is 0.849. The van der Waals surface area contributed by atoms with Crippen LogP contribution in [0.5, 0.6) is 0 Å². The van der Waals surface area contributed by atoms with Crippen LogP contribution in [-0.4, -0.2) is 37.4 Å². The molecule has 1 N–H and O–H groups in total. The molecule has 0 radical (unpaired) electrons. The molecule has 27 heavy (non-hydrogen) atoms. The maximum absolute atomic E-state index is 13.4. The summed E-state index contributed by atoms with van der Waals surface area (Å²) in [5.74, 6) is 0.586. The highest BCUT2D eigenvalue weighted by Gasteiger charge is 2.36. The van der Waals surface area contributed by atoms with Gasteiger partial charge in [0.15, 0.2) is 0 Å². The molecule has 0 spiro atoms. The molecule has 0 bridgehead atoms. The highest BCUT2D eigenvalue weighted by atomic mass is 32.2. The van der Waals surface area contributed by atoms with E-state index < -0.39 is 15.6 Å². The van der Waals surface area contributed by atoms with E-state index in [9.17, 15) is 13.2 Å². The number of carbonyl (C=O) groups is 1. The number of piperidine rings is 1. The van der Waals surface area contributed by atoms with Crippen LogP contribution in [0.4, 0.5) is 0 Å². The number of amides is 1. The smallest absolute Gasteiger partial charge is 0.254 e. The minimum atomic E-state index is -3.67. The van der Waals surface area contributed by atoms with E-state index in [4.69, 9.17) is 0 Å². The van der Waals surface area contributed by atoms with E-state index in [1.165, 1.54) is 25.7 Å². The van der Waals surface area contributed by atoms with E-state index in [0.29, 0.717) is 17.5 Å². The van der Waals surface area contributed by atoms with Crippen LogP contribution in [0, 0.1) is 12.8 Å². The Bertz CT molecular complexity index is 809. The Morgan fingerprint density at radius 1 is 1.11 bits per heavy atom. The fraction of sp³-hybridized carbons (Fsp3) is 0.667. The van der Waals surface area contributed by atoms with Crippen LogP contribution < -0.4 is 4.72 Å². The number of fused-ring (bicyclic) bond motifs is 1. The first kappa shape index (κ1) is 20.3. The van der Waals surface area contributed by atoms with Crippen molar-refractivity contribution < 1.29 is 13.2 Å². The minimum absolute atomic E-state index is 0.0168. The third-order valence-corrected chi connectivity index (χ3v) is 7.45. The Hall–Kier alpha value is -1.40. The van der Waals surface area contributed by atoms with Gasteiger partial charge in [-0.15, -0.1) is 0 Å². The number of sulfonamides is 1. The topological polar surface area (TPSA) is 66.5 Å². The molecule has 1 aromatic carbocycles. The third kappa shape index (κ3) is 4.54. The van der Waals surface area contributed by atoms with E-state index in [0.717, 1.165) is 24.9 Å². The fourth-order valence-electron chi connectivity index (χ4n) is 4.49. The number of nitrogens with zero attached hydrogens (tertiary/aromatic N) is 1. The van der Waals surface area contributed by atoms with Gasteiger partial charge in [0.1, 0.15) is 0 Å². The summed E-state index contributed by atoms with van der Waals surface area (Å²) >= 11 is 0. The molecule has 0 aromatic heterocycles. The molecule has 1 saturated heterocycles. The van der Waals surface area contributed by atoms with Gasteiger partial charge in [-0.3, -0.25) is 4.79 Å². The van der Waals surface area contributed by atoms with Crippen LogP contribution in [0.2, 0.25) is 0 Å². The fourth-order valence-corrected chi connectivity index (χ4v) is 5.94. The maximum atomic E-state index is 13.4. The lowest BCUT2D eigenvalue weighted by molar-refractivity contribution is 0.0390. The number of nitrogens with one attached hydrogen (secondary N) is 1. The number of aryl methyl sites for hydroxylation is 1. The Morgan fingerprint density at radius 3 is 2.48 bits per heavy atom. The Kier molecular flexibility index (Phi) is 5.69. The Balaban J connectivity index is 1.91. The summed E-state index contributed by atoms with van der Waals surface area (Å²) in [4.78, 5) is 15.5. The van der Waals surface area contributed by atoms with Gasteiger partial charge < -0.3 is 4.90 Å². The normalized spacial score (nSPS) is 23.8. The number of carbonyl (C=O) groups excluding carboxylic acids is 1. The summed E-state index contributed by atoms with van der Waals surface area (Å²) in [7, 11) is -3.67. The first-order valence-electron chi connectivity index (χ1n) is 10.0. The van der Waals surface area contributed by atoms with Crippen molar-refractivity contribution in [2.24, 2.45) is 5.92 Å². The first-order chi connectivity index (χ1) is 12.6. The van der Waals surface area contributed by atoms with Crippen molar-refractivity contribution in [2.45, 2.75) is 82.7 Å². The molecular formula is C21H32N2O3S.